The van der Waals surface area contributed by atoms with E-state index in [9.17, 15) is 19.7 Å². The number of carbonyl (C=O) groups is 2. The van der Waals surface area contributed by atoms with Gasteiger partial charge in [0.1, 0.15) is 0 Å². The first kappa shape index (κ1) is 21.9. The summed E-state index contributed by atoms with van der Waals surface area (Å²) >= 11 is 0. The first-order chi connectivity index (χ1) is 13.0. The van der Waals surface area contributed by atoms with Crippen LogP contribution >= 0.6 is 12.4 Å². The number of hydrogen-bond donors (Lipinski definition) is 3. The van der Waals surface area contributed by atoms with Crippen molar-refractivity contribution in [2.75, 3.05) is 32.7 Å². The van der Waals surface area contributed by atoms with Crippen molar-refractivity contribution >= 4 is 30.0 Å². The zero-order valence-electron chi connectivity index (χ0n) is 15.6. The van der Waals surface area contributed by atoms with Crippen LogP contribution in [0.3, 0.4) is 0 Å². The van der Waals surface area contributed by atoms with Gasteiger partial charge in [-0.2, -0.15) is 0 Å². The molecule has 28 heavy (non-hydrogen) atoms. The minimum absolute atomic E-state index is 0. The normalized spacial score (nSPS) is 21.1. The number of benzene rings is 1. The molecule has 2 heterocycles. The third kappa shape index (κ3) is 5.80. The van der Waals surface area contributed by atoms with Gasteiger partial charge >= 0.3 is 6.03 Å². The second kappa shape index (κ2) is 10.2. The molecule has 3 rings (SSSR count). The quantitative estimate of drug-likeness (QED) is 0.498. The van der Waals surface area contributed by atoms with Crippen LogP contribution < -0.4 is 16.0 Å². The van der Waals surface area contributed by atoms with Crippen molar-refractivity contribution in [3.05, 3.63) is 39.9 Å². The van der Waals surface area contributed by atoms with E-state index in [2.05, 4.69) is 16.0 Å². The van der Waals surface area contributed by atoms with Gasteiger partial charge in [0.25, 0.3) is 5.69 Å². The molecule has 0 aliphatic carbocycles. The first-order valence-corrected chi connectivity index (χ1v) is 9.26. The standard InChI is InChI=1S/C18H25N5O4.ClH/c24-17(22-7-5-14-10-19-11-15(14)6-8-22)12-21-18(25)20-9-13-1-3-16(4-2-13)23(26)27;/h1-4,14-15,19H,5-12H2,(H2,20,21,25);1H/t14-,15+;. The predicted octanol–water partition coefficient (Wildman–Crippen LogP) is 1.27. The van der Waals surface area contributed by atoms with Crippen molar-refractivity contribution in [2.24, 2.45) is 11.8 Å². The van der Waals surface area contributed by atoms with Gasteiger partial charge in [-0.15, -0.1) is 12.4 Å². The molecular formula is C18H26ClN5O4. The number of fused-ring (bicyclic) bond motifs is 1. The number of nitro benzene ring substituents is 1. The second-order valence-corrected chi connectivity index (χ2v) is 7.10. The number of nitro groups is 1. The van der Waals surface area contributed by atoms with Crippen LogP contribution in [0.2, 0.25) is 0 Å². The molecule has 0 unspecified atom stereocenters. The number of rotatable bonds is 5. The van der Waals surface area contributed by atoms with Gasteiger partial charge in [0.05, 0.1) is 11.5 Å². The lowest BCUT2D eigenvalue weighted by molar-refractivity contribution is -0.384. The van der Waals surface area contributed by atoms with Gasteiger partial charge in [-0.1, -0.05) is 12.1 Å². The SMILES string of the molecule is Cl.O=C(NCC(=O)N1CC[C@@H]2CNC[C@@H]2CC1)NCc1ccc([N+](=O)[O-])cc1. The number of nitrogens with one attached hydrogen (secondary N) is 3. The molecule has 9 nitrogen and oxygen atoms in total. The largest absolute Gasteiger partial charge is 0.341 e. The molecule has 1 aromatic rings. The summed E-state index contributed by atoms with van der Waals surface area (Å²) in [4.78, 5) is 36.2. The zero-order chi connectivity index (χ0) is 19.2. The molecule has 0 saturated carbocycles. The number of nitrogens with zero attached hydrogens (tertiary/aromatic N) is 2. The Morgan fingerprint density at radius 1 is 1.11 bits per heavy atom. The smallest absolute Gasteiger partial charge is 0.315 e. The molecule has 2 aliphatic rings. The molecule has 0 aromatic heterocycles. The maximum atomic E-state index is 12.4. The Kier molecular flexibility index (Phi) is 8.01. The van der Waals surface area contributed by atoms with Crippen LogP contribution in [0, 0.1) is 22.0 Å². The fourth-order valence-corrected chi connectivity index (χ4v) is 3.72. The van der Waals surface area contributed by atoms with Gasteiger partial charge in [-0.05, 0) is 43.3 Å². The number of likely N-dealkylation sites (tertiary alicyclic amines) is 1. The van der Waals surface area contributed by atoms with E-state index >= 15 is 0 Å². The molecule has 154 valence electrons. The number of hydrogen-bond acceptors (Lipinski definition) is 5. The summed E-state index contributed by atoms with van der Waals surface area (Å²) in [5.41, 5.74) is 0.751. The maximum Gasteiger partial charge on any atom is 0.315 e. The number of halogens is 1. The molecule has 0 radical (unpaired) electrons. The highest BCUT2D eigenvalue weighted by Crippen LogP contribution is 2.26. The summed E-state index contributed by atoms with van der Waals surface area (Å²) in [7, 11) is 0. The van der Waals surface area contributed by atoms with E-state index in [1.165, 1.54) is 12.1 Å². The van der Waals surface area contributed by atoms with Crippen LogP contribution in [0.15, 0.2) is 24.3 Å². The zero-order valence-corrected chi connectivity index (χ0v) is 16.4. The number of carbonyl (C=O) groups excluding carboxylic acids is 2. The van der Waals surface area contributed by atoms with E-state index in [1.54, 1.807) is 12.1 Å². The minimum Gasteiger partial charge on any atom is -0.341 e. The van der Waals surface area contributed by atoms with Gasteiger partial charge in [0.2, 0.25) is 5.91 Å². The van der Waals surface area contributed by atoms with Crippen LogP contribution in [-0.4, -0.2) is 54.5 Å². The highest BCUT2D eigenvalue weighted by molar-refractivity contribution is 5.85. The number of amides is 3. The summed E-state index contributed by atoms with van der Waals surface area (Å²) in [6.07, 6.45) is 2.02. The topological polar surface area (TPSA) is 117 Å². The first-order valence-electron chi connectivity index (χ1n) is 9.26. The van der Waals surface area contributed by atoms with Crippen molar-refractivity contribution < 1.29 is 14.5 Å². The van der Waals surface area contributed by atoms with Gasteiger partial charge in [-0.3, -0.25) is 14.9 Å². The molecule has 2 atom stereocenters. The Morgan fingerprint density at radius 3 is 2.29 bits per heavy atom. The third-order valence-corrected chi connectivity index (χ3v) is 5.37. The molecule has 3 N–H and O–H groups in total. The van der Waals surface area contributed by atoms with Gasteiger partial charge < -0.3 is 20.9 Å². The van der Waals surface area contributed by atoms with Crippen molar-refractivity contribution in [3.63, 3.8) is 0 Å². The molecule has 0 bridgehead atoms. The van der Waals surface area contributed by atoms with Crippen molar-refractivity contribution in [2.45, 2.75) is 19.4 Å². The second-order valence-electron chi connectivity index (χ2n) is 7.10. The van der Waals surface area contributed by atoms with Crippen LogP contribution in [0.1, 0.15) is 18.4 Å². The Morgan fingerprint density at radius 2 is 1.71 bits per heavy atom. The Labute approximate surface area is 169 Å². The van der Waals surface area contributed by atoms with E-state index < -0.39 is 11.0 Å². The van der Waals surface area contributed by atoms with Crippen LogP contribution in [0.5, 0.6) is 0 Å². The van der Waals surface area contributed by atoms with Crippen molar-refractivity contribution in [1.82, 2.24) is 20.9 Å². The van der Waals surface area contributed by atoms with E-state index in [1.807, 2.05) is 4.90 Å². The van der Waals surface area contributed by atoms with Gasteiger partial charge in [0.15, 0.2) is 0 Å². The monoisotopic (exact) mass is 411 g/mol. The predicted molar refractivity (Wildman–Crippen MR) is 106 cm³/mol. The Bertz CT molecular complexity index is 686. The van der Waals surface area contributed by atoms with E-state index in [4.69, 9.17) is 0 Å². The highest BCUT2D eigenvalue weighted by atomic mass is 35.5. The lowest BCUT2D eigenvalue weighted by atomic mass is 9.92. The lowest BCUT2D eigenvalue weighted by Gasteiger charge is -2.21. The molecule has 1 aromatic carbocycles. The van der Waals surface area contributed by atoms with Crippen LogP contribution in [0.4, 0.5) is 10.5 Å². The molecule has 2 aliphatic heterocycles. The average molecular weight is 412 g/mol. The van der Waals surface area contributed by atoms with E-state index in [0.29, 0.717) is 11.8 Å². The van der Waals surface area contributed by atoms with E-state index in [-0.39, 0.29) is 37.1 Å². The fraction of sp³-hybridized carbons (Fsp3) is 0.556. The molecule has 10 heteroatoms. The van der Waals surface area contributed by atoms with Crippen molar-refractivity contribution in [1.29, 1.82) is 0 Å². The molecule has 0 spiro atoms. The summed E-state index contributed by atoms with van der Waals surface area (Å²) in [6, 6.07) is 5.53. The minimum atomic E-state index is -0.470. The third-order valence-electron chi connectivity index (χ3n) is 5.37. The van der Waals surface area contributed by atoms with Crippen LogP contribution in [0.25, 0.3) is 0 Å². The maximum absolute atomic E-state index is 12.4. The Balaban J connectivity index is 0.00000280. The number of urea groups is 1. The lowest BCUT2D eigenvalue weighted by Crippen LogP contribution is -2.44. The average Bonchev–Trinajstić information content (AvgIpc) is 3.03. The summed E-state index contributed by atoms with van der Waals surface area (Å²) < 4.78 is 0. The van der Waals surface area contributed by atoms with Gasteiger partial charge in [0, 0.05) is 31.8 Å². The summed E-state index contributed by atoms with van der Waals surface area (Å²) in [5.74, 6) is 1.25. The molecule has 2 fully saturated rings. The molecule has 3 amide bonds. The fourth-order valence-electron chi connectivity index (χ4n) is 3.72. The summed E-state index contributed by atoms with van der Waals surface area (Å²) in [6.45, 7) is 3.77. The molecular weight excluding hydrogens is 386 g/mol. The highest BCUT2D eigenvalue weighted by Gasteiger charge is 2.31. The van der Waals surface area contributed by atoms with Gasteiger partial charge in [-0.25, -0.2) is 4.79 Å². The van der Waals surface area contributed by atoms with Crippen molar-refractivity contribution in [3.8, 4) is 0 Å². The number of non-ortho nitro benzene ring substituents is 1. The molecule has 2 saturated heterocycles. The summed E-state index contributed by atoms with van der Waals surface area (Å²) in [5, 5.41) is 19.3. The Hall–Kier alpha value is -2.39. The van der Waals surface area contributed by atoms with Crippen LogP contribution in [-0.2, 0) is 11.3 Å². The van der Waals surface area contributed by atoms with E-state index in [0.717, 1.165) is 44.6 Å².